The number of carbonyl (C=O) groups excluding carboxylic acids is 1. The second-order valence-electron chi connectivity index (χ2n) is 10.8. The highest BCUT2D eigenvalue weighted by molar-refractivity contribution is 5.95. The van der Waals surface area contributed by atoms with E-state index < -0.39 is 17.7 Å². The van der Waals surface area contributed by atoms with Crippen molar-refractivity contribution >= 4 is 22.6 Å². The number of rotatable bonds is 5. The van der Waals surface area contributed by atoms with Crippen LogP contribution in [-0.4, -0.2) is 33.2 Å². The Balaban J connectivity index is 1.51. The molecule has 2 aromatic heterocycles. The molecule has 2 fully saturated rings. The Morgan fingerprint density at radius 1 is 0.950 bits per heavy atom. The van der Waals surface area contributed by atoms with E-state index in [9.17, 15) is 18.4 Å². The van der Waals surface area contributed by atoms with Gasteiger partial charge in [0.2, 0.25) is 5.91 Å². The number of aromatic nitrogens is 3. The molecule has 1 atom stereocenters. The number of anilines is 1. The maximum absolute atomic E-state index is 14.3. The molecule has 2 aromatic carbocycles. The Morgan fingerprint density at radius 3 is 2.50 bits per heavy atom. The summed E-state index contributed by atoms with van der Waals surface area (Å²) in [6, 6.07) is 12.8. The van der Waals surface area contributed by atoms with Gasteiger partial charge in [-0.25, -0.2) is 13.8 Å². The lowest BCUT2D eigenvalue weighted by molar-refractivity contribution is -0.120. The summed E-state index contributed by atoms with van der Waals surface area (Å²) >= 11 is 0. The van der Waals surface area contributed by atoms with Crippen LogP contribution in [0.15, 0.2) is 59.5 Å². The van der Waals surface area contributed by atoms with Gasteiger partial charge in [0.25, 0.3) is 5.56 Å². The second kappa shape index (κ2) is 10.6. The number of hydrogen-bond acceptors (Lipinski definition) is 4. The fourth-order valence-corrected chi connectivity index (χ4v) is 6.33. The smallest absolute Gasteiger partial charge is 0.258 e. The maximum Gasteiger partial charge on any atom is 0.258 e. The number of halogens is 2. The van der Waals surface area contributed by atoms with Crippen LogP contribution >= 0.6 is 0 Å². The predicted octanol–water partition coefficient (Wildman–Crippen LogP) is 6.07. The number of aryl methyl sites for hydroxylation is 1. The number of methoxy groups -OCH3 is 1. The molecule has 1 saturated heterocycles. The van der Waals surface area contributed by atoms with Crippen LogP contribution in [0.3, 0.4) is 0 Å². The fraction of sp³-hybridized carbons (Fsp3) is 0.387. The summed E-state index contributed by atoms with van der Waals surface area (Å²) in [5, 5.41) is 0. The van der Waals surface area contributed by atoms with Crippen molar-refractivity contribution < 1.29 is 18.3 Å². The van der Waals surface area contributed by atoms with Crippen LogP contribution in [0.4, 0.5) is 14.5 Å². The van der Waals surface area contributed by atoms with Crippen LogP contribution in [0.1, 0.15) is 62.9 Å². The second-order valence-corrected chi connectivity index (χ2v) is 10.8. The molecule has 0 N–H and O–H groups in total. The first kappa shape index (κ1) is 26.4. The van der Waals surface area contributed by atoms with E-state index in [4.69, 9.17) is 9.72 Å². The molecule has 208 valence electrons. The number of benzene rings is 2. The number of nitrogens with zero attached hydrogens (tertiary/aromatic N) is 4. The molecule has 0 unspecified atom stereocenters. The minimum absolute atomic E-state index is 0.0956. The lowest BCUT2D eigenvalue weighted by Gasteiger charge is -2.37. The molecule has 7 nitrogen and oxygen atoms in total. The number of piperidine rings is 1. The largest absolute Gasteiger partial charge is 0.381 e. The summed E-state index contributed by atoms with van der Waals surface area (Å²) in [5.41, 5.74) is 3.24. The summed E-state index contributed by atoms with van der Waals surface area (Å²) in [5.74, 6) is -1.36. The molecule has 9 heteroatoms. The molecular weight excluding hydrogens is 514 g/mol. The van der Waals surface area contributed by atoms with Gasteiger partial charge in [0.05, 0.1) is 23.2 Å². The van der Waals surface area contributed by atoms with E-state index in [1.165, 1.54) is 6.07 Å². The zero-order valence-electron chi connectivity index (χ0n) is 22.6. The average Bonchev–Trinajstić information content (AvgIpc) is 3.34. The number of hydrogen-bond donors (Lipinski definition) is 0. The van der Waals surface area contributed by atoms with E-state index in [2.05, 4.69) is 4.57 Å². The Morgan fingerprint density at radius 2 is 1.75 bits per heavy atom. The van der Waals surface area contributed by atoms with Crippen LogP contribution in [0.25, 0.3) is 22.2 Å². The Bertz CT molecular complexity index is 1640. The zero-order valence-corrected chi connectivity index (χ0v) is 22.6. The van der Waals surface area contributed by atoms with Crippen LogP contribution in [0, 0.1) is 11.6 Å². The molecule has 0 bridgehead atoms. The van der Waals surface area contributed by atoms with E-state index in [0.717, 1.165) is 60.2 Å². The first-order chi connectivity index (χ1) is 19.4. The topological polar surface area (TPSA) is 69.4 Å². The van der Waals surface area contributed by atoms with Crippen molar-refractivity contribution in [3.05, 3.63) is 82.5 Å². The number of imidazole rings is 1. The molecule has 4 aromatic rings. The minimum atomic E-state index is -0.991. The van der Waals surface area contributed by atoms with Gasteiger partial charge in [-0.05, 0) is 80.5 Å². The van der Waals surface area contributed by atoms with Crippen LogP contribution in [0.5, 0.6) is 0 Å². The maximum atomic E-state index is 14.3. The fourth-order valence-electron chi connectivity index (χ4n) is 6.33. The van der Waals surface area contributed by atoms with Crippen LogP contribution in [0.2, 0.25) is 0 Å². The molecule has 1 amide bonds. The van der Waals surface area contributed by atoms with E-state index in [-0.39, 0.29) is 23.6 Å². The number of fused-ring (bicyclic) bond motifs is 1. The van der Waals surface area contributed by atoms with Crippen molar-refractivity contribution in [1.29, 1.82) is 0 Å². The summed E-state index contributed by atoms with van der Waals surface area (Å²) in [6.45, 7) is 0. The zero-order chi connectivity index (χ0) is 28.0. The average molecular weight is 547 g/mol. The first-order valence-electron chi connectivity index (χ1n) is 13.8. The molecule has 1 aliphatic carbocycles. The molecule has 3 heterocycles. The molecular formula is C31H32F2N4O3. The van der Waals surface area contributed by atoms with Crippen molar-refractivity contribution in [1.82, 2.24) is 14.1 Å². The van der Waals surface area contributed by atoms with Crippen molar-refractivity contribution in [3.63, 3.8) is 0 Å². The van der Waals surface area contributed by atoms with Crippen LogP contribution in [-0.2, 0) is 16.6 Å². The van der Waals surface area contributed by atoms with Crippen molar-refractivity contribution in [2.24, 2.45) is 7.05 Å². The summed E-state index contributed by atoms with van der Waals surface area (Å²) in [4.78, 5) is 32.8. The molecule has 40 heavy (non-hydrogen) atoms. The highest BCUT2D eigenvalue weighted by Gasteiger charge is 2.36. The highest BCUT2D eigenvalue weighted by atomic mass is 19.2. The van der Waals surface area contributed by atoms with Gasteiger partial charge in [-0.15, -0.1) is 0 Å². The minimum Gasteiger partial charge on any atom is -0.381 e. The van der Waals surface area contributed by atoms with Gasteiger partial charge in [-0.1, -0.05) is 6.07 Å². The van der Waals surface area contributed by atoms with Gasteiger partial charge >= 0.3 is 0 Å². The first-order valence-corrected chi connectivity index (χ1v) is 13.8. The number of pyridine rings is 1. The lowest BCUT2D eigenvalue weighted by atomic mass is 9.91. The number of ether oxygens (including phenoxy) is 1. The third-order valence-corrected chi connectivity index (χ3v) is 8.42. The normalized spacial score (nSPS) is 21.8. The molecule has 2 aliphatic rings. The number of amides is 1. The molecule has 6 rings (SSSR count). The quantitative estimate of drug-likeness (QED) is 0.305. The third-order valence-electron chi connectivity index (χ3n) is 8.42. The standard InChI is InChI=1S/C31H32F2N4O3/c1-35-16-4-5-23(31(35)39)19-8-15-27-26(17-19)34-30(37(27)20-9-12-22(40-2)13-10-20)28-6-3-7-29(38)36(28)21-11-14-24(32)25(33)18-21/h4-5,8,11,14-18,20,22,28H,3,6-7,9-10,12-13H2,1-2H3/t20?,22?,28-/m0/s1. The Hall–Kier alpha value is -3.85. The Kier molecular flexibility index (Phi) is 7.00. The van der Waals surface area contributed by atoms with E-state index in [1.54, 1.807) is 35.9 Å². The van der Waals surface area contributed by atoms with E-state index >= 15 is 0 Å². The third kappa shape index (κ3) is 4.62. The SMILES string of the molecule is COC1CCC(n2c([C@@H]3CCCC(=O)N3c3ccc(F)c(F)c3)nc3cc(-c4cccn(C)c4=O)ccc32)CC1. The summed E-state index contributed by atoms with van der Waals surface area (Å²) in [7, 11) is 3.46. The van der Waals surface area contributed by atoms with Gasteiger partial charge in [0.1, 0.15) is 5.82 Å². The molecule has 1 saturated carbocycles. The van der Waals surface area contributed by atoms with Gasteiger partial charge < -0.3 is 18.8 Å². The van der Waals surface area contributed by atoms with Crippen molar-refractivity contribution in [2.45, 2.75) is 63.1 Å². The predicted molar refractivity (Wildman–Crippen MR) is 149 cm³/mol. The van der Waals surface area contributed by atoms with Gasteiger partial charge in [-0.3, -0.25) is 9.59 Å². The number of carbonyl (C=O) groups is 1. The molecule has 0 radical (unpaired) electrons. The summed E-state index contributed by atoms with van der Waals surface area (Å²) in [6.07, 6.45) is 7.20. The molecule has 1 aliphatic heterocycles. The van der Waals surface area contributed by atoms with E-state index in [1.807, 2.05) is 24.3 Å². The monoisotopic (exact) mass is 546 g/mol. The molecule has 0 spiro atoms. The highest BCUT2D eigenvalue weighted by Crippen LogP contribution is 2.41. The van der Waals surface area contributed by atoms with Crippen molar-refractivity contribution in [3.8, 4) is 11.1 Å². The van der Waals surface area contributed by atoms with Gasteiger partial charge in [0.15, 0.2) is 11.6 Å². The summed E-state index contributed by atoms with van der Waals surface area (Å²) < 4.78 is 37.5. The van der Waals surface area contributed by atoms with Gasteiger partial charge in [0, 0.05) is 50.1 Å². The van der Waals surface area contributed by atoms with Crippen molar-refractivity contribution in [2.75, 3.05) is 12.0 Å². The van der Waals surface area contributed by atoms with Crippen LogP contribution < -0.4 is 10.5 Å². The Labute approximate surface area is 231 Å². The van der Waals surface area contributed by atoms with E-state index in [0.29, 0.717) is 30.5 Å². The van der Waals surface area contributed by atoms with Gasteiger partial charge in [-0.2, -0.15) is 0 Å². The lowest BCUT2D eigenvalue weighted by Crippen LogP contribution is -2.40.